The first kappa shape index (κ1) is 21.4. The van der Waals surface area contributed by atoms with Crippen LogP contribution < -0.4 is 4.90 Å². The van der Waals surface area contributed by atoms with Crippen LogP contribution in [0.1, 0.15) is 24.6 Å². The minimum Gasteiger partial charge on any atom is -0.379 e. The van der Waals surface area contributed by atoms with E-state index in [2.05, 4.69) is 22.4 Å². The van der Waals surface area contributed by atoms with E-state index in [0.29, 0.717) is 58.4 Å². The molecular weight excluding hydrogens is 458 g/mol. The van der Waals surface area contributed by atoms with E-state index >= 15 is 0 Å². The number of nitrogens with zero attached hydrogens (tertiary/aromatic N) is 5. The van der Waals surface area contributed by atoms with Gasteiger partial charge in [0.2, 0.25) is 0 Å². The predicted molar refractivity (Wildman–Crippen MR) is 130 cm³/mol. The van der Waals surface area contributed by atoms with Crippen LogP contribution in [0.5, 0.6) is 0 Å². The van der Waals surface area contributed by atoms with E-state index in [1.54, 1.807) is 19.9 Å². The molecule has 1 aromatic carbocycles. The van der Waals surface area contributed by atoms with E-state index in [4.69, 9.17) is 14.7 Å². The smallest absolute Gasteiger partial charge is 0.282 e. The number of aromatic nitrogens is 2. The summed E-state index contributed by atoms with van der Waals surface area (Å²) in [6, 6.07) is 10.4. The third kappa shape index (κ3) is 4.04. The number of rotatable bonds is 5. The number of ether oxygens (including phenoxy) is 1. The second-order valence-electron chi connectivity index (χ2n) is 8.78. The molecule has 174 valence electrons. The van der Waals surface area contributed by atoms with Gasteiger partial charge >= 0.3 is 0 Å². The number of benzene rings is 1. The zero-order valence-corrected chi connectivity index (χ0v) is 20.0. The molecule has 0 N–H and O–H groups in total. The van der Waals surface area contributed by atoms with Crippen LogP contribution in [0.25, 0.3) is 21.3 Å². The Labute approximate surface area is 198 Å². The highest BCUT2D eigenvalue weighted by molar-refractivity contribution is 7.86. The molecule has 2 saturated heterocycles. The molecule has 0 unspecified atom stereocenters. The first-order chi connectivity index (χ1) is 16.1. The molecule has 2 aliphatic heterocycles. The van der Waals surface area contributed by atoms with Gasteiger partial charge in [-0.2, -0.15) is 17.0 Å². The van der Waals surface area contributed by atoms with Crippen molar-refractivity contribution in [3.8, 4) is 11.1 Å². The fraction of sp³-hybridized carbons (Fsp3) is 0.478. The monoisotopic (exact) mass is 485 g/mol. The zero-order valence-electron chi connectivity index (χ0n) is 18.4. The number of fused-ring (bicyclic) bond motifs is 1. The zero-order chi connectivity index (χ0) is 22.4. The van der Waals surface area contributed by atoms with Gasteiger partial charge in [0, 0.05) is 56.1 Å². The highest BCUT2D eigenvalue weighted by Crippen LogP contribution is 2.43. The summed E-state index contributed by atoms with van der Waals surface area (Å²) in [6.45, 7) is 3.91. The van der Waals surface area contributed by atoms with Crippen molar-refractivity contribution in [3.63, 3.8) is 0 Å². The van der Waals surface area contributed by atoms with Crippen LogP contribution in [0.2, 0.25) is 0 Å². The SMILES string of the molecule is O=S(=O)(N1CCOCC1)N1CCN(c2nc(C3CC3)nc3scc(-c4ccccc4)c23)CC1. The molecule has 3 aromatic rings. The van der Waals surface area contributed by atoms with Gasteiger partial charge in [-0.1, -0.05) is 30.3 Å². The quantitative estimate of drug-likeness (QED) is 0.553. The molecule has 0 radical (unpaired) electrons. The Morgan fingerprint density at radius 1 is 0.909 bits per heavy atom. The standard InChI is InChI=1S/C23H27N5O3S2/c29-33(30,28-12-14-31-15-13-28)27-10-8-26(9-11-27)22-20-19(17-4-2-1-3-5-17)16-32-23(20)25-21(24-22)18-6-7-18/h1-5,16,18H,6-15H2. The second-order valence-corrected chi connectivity index (χ2v) is 11.6. The first-order valence-corrected chi connectivity index (χ1v) is 13.8. The molecule has 0 bridgehead atoms. The molecule has 3 aliphatic rings. The van der Waals surface area contributed by atoms with Crippen LogP contribution >= 0.6 is 11.3 Å². The third-order valence-electron chi connectivity index (χ3n) is 6.62. The summed E-state index contributed by atoms with van der Waals surface area (Å²) in [4.78, 5) is 13.2. The number of piperazine rings is 1. The maximum Gasteiger partial charge on any atom is 0.282 e. The van der Waals surface area contributed by atoms with Crippen molar-refractivity contribution in [2.45, 2.75) is 18.8 Å². The van der Waals surface area contributed by atoms with E-state index in [1.807, 2.05) is 18.2 Å². The van der Waals surface area contributed by atoms with Gasteiger partial charge in [0.05, 0.1) is 18.6 Å². The van der Waals surface area contributed by atoms with Crippen molar-refractivity contribution in [2.75, 3.05) is 57.4 Å². The number of anilines is 1. The van der Waals surface area contributed by atoms with Crippen LogP contribution in [0.15, 0.2) is 35.7 Å². The molecule has 6 rings (SSSR count). The van der Waals surface area contributed by atoms with Crippen molar-refractivity contribution in [2.24, 2.45) is 0 Å². The summed E-state index contributed by atoms with van der Waals surface area (Å²) in [6.07, 6.45) is 2.29. The maximum absolute atomic E-state index is 13.1. The normalized spacial score (nSPS) is 21.0. The lowest BCUT2D eigenvalue weighted by Crippen LogP contribution is -2.55. The third-order valence-corrected chi connectivity index (χ3v) is 9.53. The number of hydrogen-bond donors (Lipinski definition) is 0. The van der Waals surface area contributed by atoms with Crippen molar-refractivity contribution < 1.29 is 13.2 Å². The largest absolute Gasteiger partial charge is 0.379 e. The first-order valence-electron chi connectivity index (χ1n) is 11.5. The van der Waals surface area contributed by atoms with Crippen molar-refractivity contribution in [3.05, 3.63) is 41.5 Å². The molecular formula is C23H27N5O3S2. The summed E-state index contributed by atoms with van der Waals surface area (Å²) in [5, 5.41) is 3.26. The molecule has 0 amide bonds. The van der Waals surface area contributed by atoms with Crippen molar-refractivity contribution in [1.82, 2.24) is 18.6 Å². The summed E-state index contributed by atoms with van der Waals surface area (Å²) in [5.41, 5.74) is 2.30. The minimum atomic E-state index is -3.46. The molecule has 3 fully saturated rings. The molecule has 1 aliphatic carbocycles. The lowest BCUT2D eigenvalue weighted by molar-refractivity contribution is 0.0700. The molecule has 0 spiro atoms. The summed E-state index contributed by atoms with van der Waals surface area (Å²) >= 11 is 1.67. The summed E-state index contributed by atoms with van der Waals surface area (Å²) in [5.74, 6) is 2.34. The van der Waals surface area contributed by atoms with E-state index in [9.17, 15) is 8.42 Å². The van der Waals surface area contributed by atoms with Gasteiger partial charge in [0.15, 0.2) is 0 Å². The minimum absolute atomic E-state index is 0.426. The van der Waals surface area contributed by atoms with Gasteiger partial charge in [0.25, 0.3) is 10.2 Å². The van der Waals surface area contributed by atoms with Crippen LogP contribution in [0.4, 0.5) is 5.82 Å². The Balaban J connectivity index is 1.32. The van der Waals surface area contributed by atoms with Crippen LogP contribution in [0, 0.1) is 0 Å². The average Bonchev–Trinajstić information content (AvgIpc) is 3.63. The second kappa shape index (κ2) is 8.59. The van der Waals surface area contributed by atoms with Gasteiger partial charge < -0.3 is 9.64 Å². The van der Waals surface area contributed by atoms with E-state index in [1.165, 1.54) is 0 Å². The van der Waals surface area contributed by atoms with Crippen LogP contribution in [-0.4, -0.2) is 79.5 Å². The van der Waals surface area contributed by atoms with Gasteiger partial charge in [-0.05, 0) is 18.4 Å². The van der Waals surface area contributed by atoms with E-state index in [-0.39, 0.29) is 0 Å². The molecule has 0 atom stereocenters. The maximum atomic E-state index is 13.1. The highest BCUT2D eigenvalue weighted by atomic mass is 32.2. The Hall–Kier alpha value is -2.11. The summed E-state index contributed by atoms with van der Waals surface area (Å²) in [7, 11) is -3.46. The number of hydrogen-bond acceptors (Lipinski definition) is 7. The molecule has 8 nitrogen and oxygen atoms in total. The average molecular weight is 486 g/mol. The Bertz CT molecular complexity index is 1250. The topological polar surface area (TPSA) is 78.9 Å². The number of morpholine rings is 1. The van der Waals surface area contributed by atoms with Crippen LogP contribution in [0.3, 0.4) is 0 Å². The van der Waals surface area contributed by atoms with Crippen LogP contribution in [-0.2, 0) is 14.9 Å². The lowest BCUT2D eigenvalue weighted by Gasteiger charge is -2.38. The van der Waals surface area contributed by atoms with Gasteiger partial charge in [-0.15, -0.1) is 11.3 Å². The molecule has 10 heteroatoms. The van der Waals surface area contributed by atoms with Gasteiger partial charge in [-0.25, -0.2) is 9.97 Å². The molecule has 33 heavy (non-hydrogen) atoms. The highest BCUT2D eigenvalue weighted by Gasteiger charge is 2.35. The predicted octanol–water partition coefficient (Wildman–Crippen LogP) is 2.93. The van der Waals surface area contributed by atoms with Gasteiger partial charge in [0.1, 0.15) is 16.5 Å². The van der Waals surface area contributed by atoms with Gasteiger partial charge in [-0.3, -0.25) is 0 Å². The Morgan fingerprint density at radius 2 is 1.61 bits per heavy atom. The molecule has 2 aromatic heterocycles. The fourth-order valence-corrected chi connectivity index (χ4v) is 7.10. The van der Waals surface area contributed by atoms with Crippen molar-refractivity contribution >= 4 is 37.6 Å². The van der Waals surface area contributed by atoms with E-state index < -0.39 is 10.2 Å². The summed E-state index contributed by atoms with van der Waals surface area (Å²) < 4.78 is 34.7. The van der Waals surface area contributed by atoms with Crippen molar-refractivity contribution in [1.29, 1.82) is 0 Å². The molecule has 1 saturated carbocycles. The Morgan fingerprint density at radius 3 is 2.30 bits per heavy atom. The fourth-order valence-electron chi connectivity index (χ4n) is 4.59. The molecule has 4 heterocycles. The Kier molecular flexibility index (Phi) is 5.58. The lowest BCUT2D eigenvalue weighted by atomic mass is 10.1. The number of thiophene rings is 1. The van der Waals surface area contributed by atoms with E-state index in [0.717, 1.165) is 45.8 Å².